The van der Waals surface area contributed by atoms with E-state index in [-0.39, 0.29) is 12.5 Å². The molecule has 0 amide bonds. The van der Waals surface area contributed by atoms with E-state index in [1.54, 1.807) is 6.20 Å². The molecule has 1 saturated carbocycles. The van der Waals surface area contributed by atoms with E-state index >= 15 is 0 Å². The fraction of sp³-hybridized carbons (Fsp3) is 0.615. The molecule has 1 aliphatic rings. The highest BCUT2D eigenvalue weighted by molar-refractivity contribution is 5.10. The summed E-state index contributed by atoms with van der Waals surface area (Å²) in [6.07, 6.45) is 7.02. The second kappa shape index (κ2) is 5.97. The summed E-state index contributed by atoms with van der Waals surface area (Å²) < 4.78 is 0. The highest BCUT2D eigenvalue weighted by Crippen LogP contribution is 2.19. The van der Waals surface area contributed by atoms with Crippen molar-refractivity contribution in [3.63, 3.8) is 0 Å². The van der Waals surface area contributed by atoms with Crippen LogP contribution in [0.4, 0.5) is 0 Å². The zero-order valence-corrected chi connectivity index (χ0v) is 9.60. The van der Waals surface area contributed by atoms with Gasteiger partial charge >= 0.3 is 0 Å². The smallest absolute Gasteiger partial charge is 0.0527 e. The number of hydrogen-bond donors (Lipinski definition) is 2. The molecule has 0 spiro atoms. The van der Waals surface area contributed by atoms with Crippen LogP contribution in [0.3, 0.4) is 0 Å². The van der Waals surface area contributed by atoms with Crippen LogP contribution in [0.5, 0.6) is 0 Å². The van der Waals surface area contributed by atoms with Gasteiger partial charge in [0.15, 0.2) is 0 Å². The third-order valence-corrected chi connectivity index (χ3v) is 3.33. The largest absolute Gasteiger partial charge is 0.396 e. The molecule has 1 unspecified atom stereocenters. The monoisotopic (exact) mass is 220 g/mol. The topological polar surface area (TPSA) is 45.1 Å². The lowest BCUT2D eigenvalue weighted by Crippen LogP contribution is -2.31. The predicted octanol–water partition coefficient (Wildman–Crippen LogP) is 1.69. The van der Waals surface area contributed by atoms with Crippen molar-refractivity contribution in [3.05, 3.63) is 30.1 Å². The Labute approximate surface area is 96.9 Å². The Kier molecular flexibility index (Phi) is 4.31. The number of nitrogens with zero attached hydrogens (tertiary/aromatic N) is 1. The van der Waals surface area contributed by atoms with E-state index in [0.29, 0.717) is 6.04 Å². The number of aromatic nitrogens is 1. The lowest BCUT2D eigenvalue weighted by molar-refractivity contribution is 0.256. The molecule has 1 aromatic heterocycles. The van der Waals surface area contributed by atoms with Crippen molar-refractivity contribution in [2.75, 3.05) is 13.2 Å². The van der Waals surface area contributed by atoms with Crippen LogP contribution >= 0.6 is 0 Å². The quantitative estimate of drug-likeness (QED) is 0.793. The fourth-order valence-electron chi connectivity index (χ4n) is 2.32. The van der Waals surface area contributed by atoms with Gasteiger partial charge in [-0.05, 0) is 25.0 Å². The van der Waals surface area contributed by atoms with E-state index in [1.165, 1.54) is 25.7 Å². The summed E-state index contributed by atoms with van der Waals surface area (Å²) in [7, 11) is 0. The summed E-state index contributed by atoms with van der Waals surface area (Å²) in [5, 5.41) is 12.9. The Balaban J connectivity index is 1.85. The van der Waals surface area contributed by atoms with Crippen LogP contribution in [-0.2, 0) is 0 Å². The third kappa shape index (κ3) is 3.03. The summed E-state index contributed by atoms with van der Waals surface area (Å²) in [6, 6.07) is 6.51. The second-order valence-electron chi connectivity index (χ2n) is 4.52. The van der Waals surface area contributed by atoms with Gasteiger partial charge in [-0.3, -0.25) is 4.98 Å². The zero-order valence-electron chi connectivity index (χ0n) is 9.60. The molecule has 16 heavy (non-hydrogen) atoms. The van der Waals surface area contributed by atoms with Gasteiger partial charge in [0, 0.05) is 30.4 Å². The Morgan fingerprint density at radius 3 is 2.81 bits per heavy atom. The van der Waals surface area contributed by atoms with Crippen LogP contribution in [0.15, 0.2) is 24.4 Å². The van der Waals surface area contributed by atoms with Crippen LogP contribution in [0.1, 0.15) is 37.3 Å². The van der Waals surface area contributed by atoms with Crippen LogP contribution in [0.25, 0.3) is 0 Å². The highest BCUT2D eigenvalue weighted by atomic mass is 16.3. The molecule has 88 valence electrons. The van der Waals surface area contributed by atoms with E-state index in [9.17, 15) is 5.11 Å². The maximum Gasteiger partial charge on any atom is 0.0527 e. The average Bonchev–Trinajstić information content (AvgIpc) is 2.84. The number of aliphatic hydroxyl groups is 1. The molecule has 2 rings (SSSR count). The van der Waals surface area contributed by atoms with Crippen molar-refractivity contribution in [1.29, 1.82) is 0 Å². The first kappa shape index (κ1) is 11.6. The van der Waals surface area contributed by atoms with Gasteiger partial charge in [0.05, 0.1) is 6.61 Å². The number of hydrogen-bond acceptors (Lipinski definition) is 3. The van der Waals surface area contributed by atoms with Crippen LogP contribution < -0.4 is 5.32 Å². The molecule has 0 saturated heterocycles. The van der Waals surface area contributed by atoms with Gasteiger partial charge in [-0.2, -0.15) is 0 Å². The van der Waals surface area contributed by atoms with Crippen molar-refractivity contribution in [2.45, 2.75) is 37.6 Å². The van der Waals surface area contributed by atoms with E-state index in [2.05, 4.69) is 10.3 Å². The molecular formula is C13H20N2O. The standard InChI is InChI=1S/C13H20N2O/c16-10-11(13-7-3-4-8-14-13)9-15-12-5-1-2-6-12/h3-4,7-8,11-12,15-16H,1-2,5-6,9-10H2. The predicted molar refractivity (Wildman–Crippen MR) is 64.3 cm³/mol. The number of aliphatic hydroxyl groups excluding tert-OH is 1. The van der Waals surface area contributed by atoms with Crippen molar-refractivity contribution >= 4 is 0 Å². The Morgan fingerprint density at radius 1 is 1.38 bits per heavy atom. The lowest BCUT2D eigenvalue weighted by Gasteiger charge is -2.18. The first-order valence-electron chi connectivity index (χ1n) is 6.15. The summed E-state index contributed by atoms with van der Waals surface area (Å²) in [5.41, 5.74) is 0.982. The maximum absolute atomic E-state index is 9.37. The van der Waals surface area contributed by atoms with Crippen molar-refractivity contribution in [1.82, 2.24) is 10.3 Å². The SMILES string of the molecule is OCC(CNC1CCCC1)c1ccccn1. The summed E-state index contributed by atoms with van der Waals surface area (Å²) in [5.74, 6) is 0.127. The van der Waals surface area contributed by atoms with Crippen molar-refractivity contribution < 1.29 is 5.11 Å². The molecule has 1 atom stereocenters. The molecule has 1 heterocycles. The number of nitrogens with one attached hydrogen (secondary N) is 1. The molecular weight excluding hydrogens is 200 g/mol. The number of pyridine rings is 1. The molecule has 3 nitrogen and oxygen atoms in total. The fourth-order valence-corrected chi connectivity index (χ4v) is 2.32. The van der Waals surface area contributed by atoms with Crippen molar-refractivity contribution in [3.8, 4) is 0 Å². The zero-order chi connectivity index (χ0) is 11.2. The minimum atomic E-state index is 0.127. The first-order valence-corrected chi connectivity index (χ1v) is 6.15. The van der Waals surface area contributed by atoms with E-state index in [1.807, 2.05) is 18.2 Å². The van der Waals surface area contributed by atoms with Gasteiger partial charge in [0.2, 0.25) is 0 Å². The average molecular weight is 220 g/mol. The molecule has 3 heteroatoms. The van der Waals surface area contributed by atoms with E-state index in [0.717, 1.165) is 12.2 Å². The minimum absolute atomic E-state index is 0.127. The summed E-state index contributed by atoms with van der Waals surface area (Å²) >= 11 is 0. The second-order valence-corrected chi connectivity index (χ2v) is 4.52. The van der Waals surface area contributed by atoms with Crippen LogP contribution in [0.2, 0.25) is 0 Å². The molecule has 0 bridgehead atoms. The number of rotatable bonds is 5. The molecule has 0 radical (unpaired) electrons. The van der Waals surface area contributed by atoms with E-state index < -0.39 is 0 Å². The summed E-state index contributed by atoms with van der Waals surface area (Å²) in [6.45, 7) is 0.995. The van der Waals surface area contributed by atoms with Gasteiger partial charge in [0.25, 0.3) is 0 Å². The summed E-state index contributed by atoms with van der Waals surface area (Å²) in [4.78, 5) is 4.30. The lowest BCUT2D eigenvalue weighted by atomic mass is 10.1. The Hall–Kier alpha value is -0.930. The maximum atomic E-state index is 9.37. The molecule has 1 aliphatic carbocycles. The van der Waals surface area contributed by atoms with Gasteiger partial charge in [-0.15, -0.1) is 0 Å². The molecule has 0 aromatic carbocycles. The molecule has 0 aliphatic heterocycles. The Bertz CT molecular complexity index is 296. The minimum Gasteiger partial charge on any atom is -0.396 e. The molecule has 1 aromatic rings. The van der Waals surface area contributed by atoms with Gasteiger partial charge in [-0.1, -0.05) is 18.9 Å². The normalized spacial score (nSPS) is 18.8. The molecule has 1 fully saturated rings. The van der Waals surface area contributed by atoms with Gasteiger partial charge in [-0.25, -0.2) is 0 Å². The van der Waals surface area contributed by atoms with Gasteiger partial charge in [0.1, 0.15) is 0 Å². The third-order valence-electron chi connectivity index (χ3n) is 3.33. The Morgan fingerprint density at radius 2 is 2.19 bits per heavy atom. The van der Waals surface area contributed by atoms with Gasteiger partial charge < -0.3 is 10.4 Å². The highest BCUT2D eigenvalue weighted by Gasteiger charge is 2.17. The molecule has 2 N–H and O–H groups in total. The first-order chi connectivity index (χ1) is 7.90. The van der Waals surface area contributed by atoms with Crippen molar-refractivity contribution in [2.24, 2.45) is 0 Å². The van der Waals surface area contributed by atoms with Crippen LogP contribution in [-0.4, -0.2) is 29.3 Å². The van der Waals surface area contributed by atoms with E-state index in [4.69, 9.17) is 0 Å². The van der Waals surface area contributed by atoms with Crippen LogP contribution in [0, 0.1) is 0 Å².